The molecule has 0 amide bonds. The number of benzene rings is 1. The number of rotatable bonds is 5. The van der Waals surface area contributed by atoms with Gasteiger partial charge in [-0.2, -0.15) is 0 Å². The van der Waals surface area contributed by atoms with Crippen molar-refractivity contribution in [1.82, 2.24) is 19.4 Å². The smallest absolute Gasteiger partial charge is 0.140 e. The monoisotopic (exact) mass is 445 g/mol. The van der Waals surface area contributed by atoms with E-state index in [0.717, 1.165) is 37.9 Å². The van der Waals surface area contributed by atoms with Crippen LogP contribution in [0.25, 0.3) is 33.2 Å². The third kappa shape index (κ3) is 4.33. The summed E-state index contributed by atoms with van der Waals surface area (Å²) < 4.78 is 2.11. The molecular weight excluding hydrogens is 410 g/mol. The van der Waals surface area contributed by atoms with Gasteiger partial charge >= 0.3 is 0 Å². The Morgan fingerprint density at radius 2 is 1.94 bits per heavy atom. The molecule has 0 radical (unpaired) electrons. The van der Waals surface area contributed by atoms with E-state index < -0.39 is 0 Å². The van der Waals surface area contributed by atoms with Crippen LogP contribution in [0, 0.1) is 0 Å². The maximum Gasteiger partial charge on any atom is 0.140 e. The lowest BCUT2D eigenvalue weighted by Gasteiger charge is -2.30. The minimum absolute atomic E-state index is 0.403. The van der Waals surface area contributed by atoms with Crippen LogP contribution >= 0.6 is 0 Å². The molecule has 33 heavy (non-hydrogen) atoms. The molecule has 3 aromatic heterocycles. The number of nitrogens with one attached hydrogen (secondary N) is 1. The zero-order valence-electron chi connectivity index (χ0n) is 20.1. The van der Waals surface area contributed by atoms with Crippen LogP contribution in [-0.2, 0) is 11.8 Å². The molecule has 5 rings (SSSR count). The van der Waals surface area contributed by atoms with Crippen LogP contribution in [-0.4, -0.2) is 52.4 Å². The van der Waals surface area contributed by atoms with Gasteiger partial charge in [-0.25, -0.2) is 4.98 Å². The summed E-state index contributed by atoms with van der Waals surface area (Å²) in [4.78, 5) is 21.4. The molecule has 0 spiro atoms. The van der Waals surface area contributed by atoms with E-state index in [2.05, 4.69) is 76.5 Å². The van der Waals surface area contributed by atoms with Gasteiger partial charge in [-0.15, -0.1) is 0 Å². The highest BCUT2D eigenvalue weighted by molar-refractivity contribution is 5.99. The molecule has 1 saturated heterocycles. The first-order chi connectivity index (χ1) is 16.1. The first-order valence-electron chi connectivity index (χ1n) is 11.9. The molecule has 6 heteroatoms. The van der Waals surface area contributed by atoms with Gasteiger partial charge in [-0.1, -0.05) is 19.9 Å². The second kappa shape index (κ2) is 9.89. The number of carbonyl (C=O) groups excluding carboxylic acids is 1. The molecule has 4 aromatic rings. The molecule has 3 N–H and O–H groups in total. The number of nitrogens with two attached hydrogens (primary N) is 1. The lowest BCUT2D eigenvalue weighted by molar-refractivity contribution is -0.109. The van der Waals surface area contributed by atoms with Crippen LogP contribution in [0.4, 0.5) is 0 Å². The van der Waals surface area contributed by atoms with E-state index in [1.807, 2.05) is 12.3 Å². The molecule has 4 heterocycles. The molecule has 1 aliphatic heterocycles. The minimum atomic E-state index is 0.403. The third-order valence-electron chi connectivity index (χ3n) is 6.83. The summed E-state index contributed by atoms with van der Waals surface area (Å²) in [6.45, 7) is 7.12. The van der Waals surface area contributed by atoms with Crippen LogP contribution in [0.5, 0.6) is 0 Å². The van der Waals surface area contributed by atoms with Gasteiger partial charge in [0.1, 0.15) is 11.9 Å². The Morgan fingerprint density at radius 3 is 2.64 bits per heavy atom. The van der Waals surface area contributed by atoms with Crippen molar-refractivity contribution >= 4 is 28.2 Å². The molecule has 0 atom stereocenters. The number of aryl methyl sites for hydroxylation is 1. The number of aromatic nitrogens is 3. The van der Waals surface area contributed by atoms with Gasteiger partial charge in [0.2, 0.25) is 0 Å². The van der Waals surface area contributed by atoms with Crippen LogP contribution in [0.3, 0.4) is 0 Å². The van der Waals surface area contributed by atoms with E-state index in [1.54, 1.807) is 0 Å². The standard InChI is InChI=1S/C26H30N4O.CH5N/c1-17(2)24-21-15-19(18-8-11-30(12-9-18)13-14-31)6-7-23(21)28-25(24)22-16-29(3)26-20(22)5-4-10-27-26;1-2/h4-7,10,14-18,28H,8-9,11-13H2,1-3H3;2H2,1H3. The molecule has 0 unspecified atom stereocenters. The van der Waals surface area contributed by atoms with Gasteiger partial charge in [0.25, 0.3) is 0 Å². The van der Waals surface area contributed by atoms with E-state index in [4.69, 9.17) is 0 Å². The Balaban J connectivity index is 0.00000126. The van der Waals surface area contributed by atoms with Gasteiger partial charge in [0.15, 0.2) is 0 Å². The fourth-order valence-electron chi connectivity index (χ4n) is 5.26. The number of likely N-dealkylation sites (tertiary alicyclic amines) is 1. The SMILES string of the molecule is CC(C)c1c(-c2cn(C)c3ncccc23)[nH]c2ccc(C3CCN(CC=O)CC3)cc12.CN. The normalized spacial score (nSPS) is 15.2. The maximum absolute atomic E-state index is 10.8. The highest BCUT2D eigenvalue weighted by atomic mass is 16.1. The Morgan fingerprint density at radius 1 is 1.18 bits per heavy atom. The van der Waals surface area contributed by atoms with Gasteiger partial charge < -0.3 is 20.1 Å². The van der Waals surface area contributed by atoms with Crippen LogP contribution in [0.2, 0.25) is 0 Å². The summed E-state index contributed by atoms with van der Waals surface area (Å²) in [6, 6.07) is 11.1. The number of aldehydes is 1. The van der Waals surface area contributed by atoms with E-state index in [-0.39, 0.29) is 0 Å². The second-order valence-electron chi connectivity index (χ2n) is 9.14. The highest BCUT2D eigenvalue weighted by Gasteiger charge is 2.23. The van der Waals surface area contributed by atoms with Crippen molar-refractivity contribution in [3.63, 3.8) is 0 Å². The quantitative estimate of drug-likeness (QED) is 0.433. The van der Waals surface area contributed by atoms with E-state index >= 15 is 0 Å². The van der Waals surface area contributed by atoms with Crippen LogP contribution < -0.4 is 5.73 Å². The number of H-pyrrole nitrogens is 1. The molecule has 0 bridgehead atoms. The fraction of sp³-hybridized carbons (Fsp3) is 0.407. The molecule has 0 aliphatic carbocycles. The number of pyridine rings is 1. The summed E-state index contributed by atoms with van der Waals surface area (Å²) >= 11 is 0. The average molecular weight is 446 g/mol. The number of aromatic amines is 1. The molecular formula is C27H35N5O. The predicted octanol–water partition coefficient (Wildman–Crippen LogP) is 4.80. The predicted molar refractivity (Wildman–Crippen MR) is 137 cm³/mol. The van der Waals surface area contributed by atoms with Crippen molar-refractivity contribution in [1.29, 1.82) is 0 Å². The van der Waals surface area contributed by atoms with E-state index in [0.29, 0.717) is 18.4 Å². The number of hydrogen-bond donors (Lipinski definition) is 2. The lowest BCUT2D eigenvalue weighted by atomic mass is 9.87. The Bertz CT molecular complexity index is 1240. The number of fused-ring (bicyclic) bond motifs is 2. The van der Waals surface area contributed by atoms with Crippen molar-refractivity contribution in [2.24, 2.45) is 12.8 Å². The third-order valence-corrected chi connectivity index (χ3v) is 6.83. The molecule has 6 nitrogen and oxygen atoms in total. The molecule has 174 valence electrons. The van der Waals surface area contributed by atoms with Crippen LogP contribution in [0.1, 0.15) is 49.7 Å². The summed E-state index contributed by atoms with van der Waals surface area (Å²) in [5, 5.41) is 2.51. The largest absolute Gasteiger partial charge is 0.354 e. The first-order valence-corrected chi connectivity index (χ1v) is 11.9. The zero-order valence-corrected chi connectivity index (χ0v) is 20.1. The fourth-order valence-corrected chi connectivity index (χ4v) is 5.26. The molecule has 1 aromatic carbocycles. The lowest BCUT2D eigenvalue weighted by Crippen LogP contribution is -2.34. The Kier molecular flexibility index (Phi) is 6.96. The van der Waals surface area contributed by atoms with E-state index in [1.165, 1.54) is 45.7 Å². The van der Waals surface area contributed by atoms with E-state index in [9.17, 15) is 4.79 Å². The van der Waals surface area contributed by atoms with Crippen molar-refractivity contribution in [2.45, 2.75) is 38.5 Å². The van der Waals surface area contributed by atoms with Gasteiger partial charge in [-0.3, -0.25) is 4.90 Å². The van der Waals surface area contributed by atoms with Gasteiger partial charge in [0, 0.05) is 41.3 Å². The summed E-state index contributed by atoms with van der Waals surface area (Å²) in [5.41, 5.74) is 11.9. The van der Waals surface area contributed by atoms with Gasteiger partial charge in [-0.05, 0) is 80.2 Å². The van der Waals surface area contributed by atoms with Gasteiger partial charge in [0.05, 0.1) is 12.2 Å². The highest BCUT2D eigenvalue weighted by Crippen LogP contribution is 2.40. The summed E-state index contributed by atoms with van der Waals surface area (Å²) in [5.74, 6) is 0.966. The topological polar surface area (TPSA) is 79.9 Å². The zero-order chi connectivity index (χ0) is 23.5. The van der Waals surface area contributed by atoms with Crippen LogP contribution in [0.15, 0.2) is 42.7 Å². The maximum atomic E-state index is 10.8. The number of hydrogen-bond acceptors (Lipinski definition) is 4. The van der Waals surface area contributed by atoms with Crippen molar-refractivity contribution < 1.29 is 4.79 Å². The first kappa shape index (κ1) is 23.2. The minimum Gasteiger partial charge on any atom is -0.354 e. The number of carbonyl (C=O) groups is 1. The Labute approximate surface area is 195 Å². The molecule has 0 saturated carbocycles. The van der Waals surface area contributed by atoms with Crippen molar-refractivity contribution in [3.8, 4) is 11.3 Å². The van der Waals surface area contributed by atoms with Crippen molar-refractivity contribution in [3.05, 3.63) is 53.9 Å². The number of nitrogens with zero attached hydrogens (tertiary/aromatic N) is 3. The Hall–Kier alpha value is -2.96. The molecule has 1 fully saturated rings. The summed E-state index contributed by atoms with van der Waals surface area (Å²) in [7, 11) is 3.56. The van der Waals surface area contributed by atoms with Crippen molar-refractivity contribution in [2.75, 3.05) is 26.7 Å². The average Bonchev–Trinajstić information content (AvgIpc) is 3.38. The molecule has 1 aliphatic rings. The second-order valence-corrected chi connectivity index (χ2v) is 9.14. The number of piperidine rings is 1. The summed E-state index contributed by atoms with van der Waals surface area (Å²) in [6.07, 6.45) is 7.29.